The van der Waals surface area contributed by atoms with E-state index in [1.165, 1.54) is 11.1 Å². The molecule has 0 bridgehead atoms. The fraction of sp³-hybridized carbons (Fsp3) is 0.267. The van der Waals surface area contributed by atoms with E-state index in [2.05, 4.69) is 24.3 Å². The molecule has 3 aromatic carbocycles. The molecule has 1 aromatic heterocycles. The monoisotopic (exact) mass is 484 g/mol. The second kappa shape index (κ2) is 11.6. The summed E-state index contributed by atoms with van der Waals surface area (Å²) in [7, 11) is 1.82. The van der Waals surface area contributed by atoms with Crippen LogP contribution in [0.4, 0.5) is 0 Å². The summed E-state index contributed by atoms with van der Waals surface area (Å²) in [4.78, 5) is 26.0. The van der Waals surface area contributed by atoms with E-state index in [-0.39, 0.29) is 18.9 Å². The zero-order valence-electron chi connectivity index (χ0n) is 20.8. The van der Waals surface area contributed by atoms with Crippen LogP contribution in [0.25, 0.3) is 10.9 Å². The third kappa shape index (κ3) is 6.54. The number of ether oxygens (including phenoxy) is 1. The first-order valence-corrected chi connectivity index (χ1v) is 12.2. The van der Waals surface area contributed by atoms with E-state index in [0.717, 1.165) is 28.5 Å². The third-order valence-electron chi connectivity index (χ3n) is 6.38. The van der Waals surface area contributed by atoms with Gasteiger partial charge >= 0.3 is 5.97 Å². The van der Waals surface area contributed by atoms with Crippen molar-refractivity contribution in [3.05, 3.63) is 101 Å². The molecule has 6 heteroatoms. The second-order valence-electron chi connectivity index (χ2n) is 9.18. The van der Waals surface area contributed by atoms with Gasteiger partial charge in [0.15, 0.2) is 0 Å². The topological polar surface area (TPSA) is 71.8 Å². The number of amides is 1. The van der Waals surface area contributed by atoms with Crippen molar-refractivity contribution in [3.63, 3.8) is 0 Å². The van der Waals surface area contributed by atoms with Gasteiger partial charge in [0.1, 0.15) is 18.9 Å². The summed E-state index contributed by atoms with van der Waals surface area (Å²) in [6.07, 6.45) is 3.11. The fourth-order valence-corrected chi connectivity index (χ4v) is 4.20. The zero-order valence-corrected chi connectivity index (χ0v) is 20.8. The van der Waals surface area contributed by atoms with Crippen molar-refractivity contribution in [1.82, 2.24) is 9.47 Å². The summed E-state index contributed by atoms with van der Waals surface area (Å²) in [6, 6.07) is 24.1. The molecule has 0 aliphatic rings. The number of rotatable bonds is 11. The molecular formula is C30H32N2O4. The van der Waals surface area contributed by atoms with Crippen molar-refractivity contribution < 1.29 is 19.4 Å². The molecular weight excluding hydrogens is 452 g/mol. The summed E-state index contributed by atoms with van der Waals surface area (Å²) < 4.78 is 7.94. The Morgan fingerprint density at radius 1 is 0.944 bits per heavy atom. The van der Waals surface area contributed by atoms with Gasteiger partial charge in [-0.2, -0.15) is 0 Å². The van der Waals surface area contributed by atoms with Crippen LogP contribution in [0.1, 0.15) is 28.7 Å². The van der Waals surface area contributed by atoms with Gasteiger partial charge in [0, 0.05) is 37.1 Å². The standard InChI is InChI=1S/C30H32N2O4/c1-22-8-10-24(11-9-22)21-36-26-13-14-28-27(18-26)25(12-15-30(34)35)19-32(28)20-29(33)31(2)17-16-23-6-4-3-5-7-23/h3-11,13-14,18-19H,12,15-17,20-21H2,1-2H3,(H,34,35). The maximum absolute atomic E-state index is 13.0. The van der Waals surface area contributed by atoms with Gasteiger partial charge in [-0.1, -0.05) is 60.2 Å². The Morgan fingerprint density at radius 3 is 2.42 bits per heavy atom. The number of likely N-dealkylation sites (N-methyl/N-ethyl adjacent to an activating group) is 1. The Balaban J connectivity index is 1.49. The van der Waals surface area contributed by atoms with Crippen LogP contribution < -0.4 is 4.74 Å². The first kappa shape index (κ1) is 25.0. The van der Waals surface area contributed by atoms with Gasteiger partial charge in [0.05, 0.1) is 0 Å². The van der Waals surface area contributed by atoms with Crippen molar-refractivity contribution in [2.75, 3.05) is 13.6 Å². The van der Waals surface area contributed by atoms with E-state index in [1.54, 1.807) is 4.90 Å². The molecule has 0 radical (unpaired) electrons. The number of carboxylic acid groups (broad SMARTS) is 1. The van der Waals surface area contributed by atoms with Crippen LogP contribution in [-0.4, -0.2) is 40.0 Å². The van der Waals surface area contributed by atoms with E-state index in [1.807, 2.05) is 73.3 Å². The number of nitrogens with zero attached hydrogens (tertiary/aromatic N) is 2. The zero-order chi connectivity index (χ0) is 25.5. The van der Waals surface area contributed by atoms with E-state index >= 15 is 0 Å². The van der Waals surface area contributed by atoms with Crippen molar-refractivity contribution in [2.24, 2.45) is 0 Å². The Hall–Kier alpha value is -4.06. The lowest BCUT2D eigenvalue weighted by Gasteiger charge is -2.18. The van der Waals surface area contributed by atoms with E-state index in [9.17, 15) is 14.7 Å². The highest BCUT2D eigenvalue weighted by Crippen LogP contribution is 2.28. The van der Waals surface area contributed by atoms with Crippen molar-refractivity contribution in [3.8, 4) is 5.75 Å². The molecule has 0 fully saturated rings. The van der Waals surface area contributed by atoms with Crippen LogP contribution in [0.5, 0.6) is 5.75 Å². The number of carbonyl (C=O) groups is 2. The largest absolute Gasteiger partial charge is 0.489 e. The van der Waals surface area contributed by atoms with Gasteiger partial charge in [-0.05, 0) is 54.7 Å². The first-order valence-electron chi connectivity index (χ1n) is 12.2. The van der Waals surface area contributed by atoms with Crippen LogP contribution >= 0.6 is 0 Å². The molecule has 4 rings (SSSR count). The Bertz CT molecular complexity index is 1330. The average Bonchev–Trinajstić information content (AvgIpc) is 3.22. The molecule has 0 aliphatic carbocycles. The maximum atomic E-state index is 13.0. The van der Waals surface area contributed by atoms with Crippen LogP contribution in [0.15, 0.2) is 79.0 Å². The second-order valence-corrected chi connectivity index (χ2v) is 9.18. The van der Waals surface area contributed by atoms with Crippen LogP contribution in [0.2, 0.25) is 0 Å². The lowest BCUT2D eigenvalue weighted by atomic mass is 10.1. The van der Waals surface area contributed by atoms with Gasteiger partial charge in [0.2, 0.25) is 5.91 Å². The molecule has 1 heterocycles. The van der Waals surface area contributed by atoms with E-state index < -0.39 is 5.97 Å². The number of carbonyl (C=O) groups excluding carboxylic acids is 1. The molecule has 0 unspecified atom stereocenters. The number of hydrogen-bond donors (Lipinski definition) is 1. The Morgan fingerprint density at radius 2 is 1.69 bits per heavy atom. The Labute approximate surface area is 211 Å². The normalized spacial score (nSPS) is 10.9. The highest BCUT2D eigenvalue weighted by atomic mass is 16.5. The minimum Gasteiger partial charge on any atom is -0.489 e. The van der Waals surface area contributed by atoms with Gasteiger partial charge in [-0.25, -0.2) is 0 Å². The van der Waals surface area contributed by atoms with Crippen LogP contribution in [0.3, 0.4) is 0 Å². The molecule has 1 N–H and O–H groups in total. The summed E-state index contributed by atoms with van der Waals surface area (Å²) in [5.41, 5.74) is 5.26. The lowest BCUT2D eigenvalue weighted by molar-refractivity contribution is -0.137. The average molecular weight is 485 g/mol. The number of carboxylic acids is 1. The smallest absolute Gasteiger partial charge is 0.303 e. The quantitative estimate of drug-likeness (QED) is 0.316. The summed E-state index contributed by atoms with van der Waals surface area (Å²) >= 11 is 0. The number of benzene rings is 3. The predicted molar refractivity (Wildman–Crippen MR) is 141 cm³/mol. The summed E-state index contributed by atoms with van der Waals surface area (Å²) in [6.45, 7) is 3.32. The van der Waals surface area contributed by atoms with Gasteiger partial charge < -0.3 is 19.3 Å². The van der Waals surface area contributed by atoms with Gasteiger partial charge in [-0.15, -0.1) is 0 Å². The van der Waals surface area contributed by atoms with Gasteiger partial charge in [0.25, 0.3) is 0 Å². The predicted octanol–water partition coefficient (Wildman–Crippen LogP) is 5.25. The molecule has 0 aliphatic heterocycles. The van der Waals surface area contributed by atoms with E-state index in [4.69, 9.17) is 4.74 Å². The first-order chi connectivity index (χ1) is 17.4. The van der Waals surface area contributed by atoms with Crippen molar-refractivity contribution in [2.45, 2.75) is 39.3 Å². The number of aromatic nitrogens is 1. The molecule has 1 amide bonds. The fourth-order valence-electron chi connectivity index (χ4n) is 4.20. The van der Waals surface area contributed by atoms with E-state index in [0.29, 0.717) is 25.3 Å². The third-order valence-corrected chi connectivity index (χ3v) is 6.38. The highest BCUT2D eigenvalue weighted by molar-refractivity contribution is 5.87. The molecule has 0 spiro atoms. The van der Waals surface area contributed by atoms with Crippen molar-refractivity contribution >= 4 is 22.8 Å². The Kier molecular flexibility index (Phi) is 8.06. The van der Waals surface area contributed by atoms with Gasteiger partial charge in [-0.3, -0.25) is 9.59 Å². The van der Waals surface area contributed by atoms with Crippen LogP contribution in [-0.2, 0) is 35.6 Å². The SMILES string of the molecule is Cc1ccc(COc2ccc3c(c2)c(CCC(=O)O)cn3CC(=O)N(C)CCc2ccccc2)cc1. The summed E-state index contributed by atoms with van der Waals surface area (Å²) in [5, 5.41) is 10.1. The minimum absolute atomic E-state index is 0.00677. The summed E-state index contributed by atoms with van der Waals surface area (Å²) in [5.74, 6) is -0.129. The molecule has 0 atom stereocenters. The molecule has 6 nitrogen and oxygen atoms in total. The maximum Gasteiger partial charge on any atom is 0.303 e. The molecule has 186 valence electrons. The highest BCUT2D eigenvalue weighted by Gasteiger charge is 2.16. The number of aryl methyl sites for hydroxylation is 2. The minimum atomic E-state index is -0.848. The van der Waals surface area contributed by atoms with Crippen molar-refractivity contribution in [1.29, 1.82) is 0 Å². The van der Waals surface area contributed by atoms with Crippen LogP contribution in [0, 0.1) is 6.92 Å². The molecule has 4 aromatic rings. The number of fused-ring (bicyclic) bond motifs is 1. The molecule has 0 saturated heterocycles. The number of hydrogen-bond acceptors (Lipinski definition) is 3. The number of aliphatic carboxylic acids is 1. The molecule has 0 saturated carbocycles. The lowest BCUT2D eigenvalue weighted by Crippen LogP contribution is -2.31. The molecule has 36 heavy (non-hydrogen) atoms.